The second kappa shape index (κ2) is 5.65. The van der Waals surface area contributed by atoms with Gasteiger partial charge in [0, 0.05) is 0 Å². The molecule has 86 valence electrons. The van der Waals surface area contributed by atoms with Crippen LogP contribution in [0.5, 0.6) is 0 Å². The van der Waals surface area contributed by atoms with Crippen LogP contribution in [0.4, 0.5) is 0 Å². The summed E-state index contributed by atoms with van der Waals surface area (Å²) >= 11 is 0. The minimum atomic E-state index is -1.73. The van der Waals surface area contributed by atoms with Gasteiger partial charge in [-0.1, -0.05) is 42.5 Å². The molecule has 1 aromatic carbocycles. The summed E-state index contributed by atoms with van der Waals surface area (Å²) in [5, 5.41) is 0. The Bertz CT molecular complexity index is 363. The number of benzene rings is 1. The summed E-state index contributed by atoms with van der Waals surface area (Å²) in [6, 6.07) is 9.91. The van der Waals surface area contributed by atoms with Crippen molar-refractivity contribution >= 4 is 20.4 Å². The summed E-state index contributed by atoms with van der Waals surface area (Å²) < 4.78 is 5.32. The van der Waals surface area contributed by atoms with Crippen LogP contribution in [0.25, 0.3) is 6.08 Å². The van der Waals surface area contributed by atoms with E-state index in [-0.39, 0.29) is 5.97 Å². The van der Waals surface area contributed by atoms with Crippen LogP contribution in [-0.2, 0) is 9.22 Å². The minimum Gasteiger partial charge on any atom is -0.520 e. The zero-order valence-electron chi connectivity index (χ0n) is 10.1. The summed E-state index contributed by atoms with van der Waals surface area (Å²) in [6.07, 6.45) is 4.13. The van der Waals surface area contributed by atoms with E-state index in [9.17, 15) is 4.79 Å². The third-order valence-corrected chi connectivity index (χ3v) is 2.65. The smallest absolute Gasteiger partial charge is 0.296 e. The number of rotatable bonds is 4. The van der Waals surface area contributed by atoms with E-state index < -0.39 is 8.32 Å². The van der Waals surface area contributed by atoms with Crippen molar-refractivity contribution in [3.63, 3.8) is 0 Å². The number of carbonyl (C=O) groups is 1. The van der Waals surface area contributed by atoms with E-state index in [2.05, 4.69) is 0 Å². The van der Waals surface area contributed by atoms with Gasteiger partial charge in [-0.05, 0) is 25.2 Å². The molecule has 1 rings (SSSR count). The Hall–Kier alpha value is -1.35. The van der Waals surface area contributed by atoms with Gasteiger partial charge in [0.2, 0.25) is 8.32 Å². The van der Waals surface area contributed by atoms with E-state index in [1.807, 2.05) is 62.1 Å². The van der Waals surface area contributed by atoms with Gasteiger partial charge in [0.15, 0.2) is 0 Å². The first-order valence-electron chi connectivity index (χ1n) is 5.41. The molecular formula is C13H18O2Si. The highest BCUT2D eigenvalue weighted by molar-refractivity contribution is 6.71. The van der Waals surface area contributed by atoms with E-state index >= 15 is 0 Å². The van der Waals surface area contributed by atoms with Gasteiger partial charge in [-0.3, -0.25) is 4.79 Å². The molecule has 0 aliphatic carbocycles. The highest BCUT2D eigenvalue weighted by atomic mass is 28.4. The number of hydrogen-bond acceptors (Lipinski definition) is 2. The van der Waals surface area contributed by atoms with E-state index in [1.54, 1.807) is 0 Å². The Labute approximate surface area is 98.1 Å². The molecule has 0 amide bonds. The van der Waals surface area contributed by atoms with Crippen molar-refractivity contribution in [1.82, 2.24) is 0 Å². The first kappa shape index (κ1) is 12.7. The molecule has 16 heavy (non-hydrogen) atoms. The maximum atomic E-state index is 11.4. The normalized spacial score (nSPS) is 11.7. The van der Waals surface area contributed by atoms with Gasteiger partial charge in [0.25, 0.3) is 5.97 Å². The Morgan fingerprint density at radius 2 is 1.88 bits per heavy atom. The first-order valence-corrected chi connectivity index (χ1v) is 8.82. The molecule has 0 saturated heterocycles. The Balaban J connectivity index is 2.41. The molecule has 0 atom stereocenters. The molecule has 0 aromatic heterocycles. The van der Waals surface area contributed by atoms with Gasteiger partial charge in [-0.15, -0.1) is 0 Å². The van der Waals surface area contributed by atoms with Crippen molar-refractivity contribution in [1.29, 1.82) is 0 Å². The van der Waals surface area contributed by atoms with Crippen molar-refractivity contribution < 1.29 is 9.22 Å². The fourth-order valence-corrected chi connectivity index (χ4v) is 2.00. The highest BCUT2D eigenvalue weighted by Gasteiger charge is 2.18. The summed E-state index contributed by atoms with van der Waals surface area (Å²) in [7, 11) is -1.73. The lowest BCUT2D eigenvalue weighted by atomic mass is 10.2. The van der Waals surface area contributed by atoms with Gasteiger partial charge in [-0.2, -0.15) is 0 Å². The second-order valence-corrected chi connectivity index (χ2v) is 9.03. The predicted octanol–water partition coefficient (Wildman–Crippen LogP) is 3.47. The Morgan fingerprint density at radius 1 is 1.25 bits per heavy atom. The second-order valence-electron chi connectivity index (χ2n) is 4.60. The third kappa shape index (κ3) is 5.51. The molecule has 0 radical (unpaired) electrons. The number of hydrogen-bond donors (Lipinski definition) is 0. The zero-order chi connectivity index (χ0) is 12.0. The van der Waals surface area contributed by atoms with Crippen LogP contribution in [0, 0.1) is 0 Å². The van der Waals surface area contributed by atoms with Crippen LogP contribution >= 0.6 is 0 Å². The van der Waals surface area contributed by atoms with Crippen molar-refractivity contribution in [3.8, 4) is 0 Å². The summed E-state index contributed by atoms with van der Waals surface area (Å²) in [4.78, 5) is 11.4. The maximum absolute atomic E-state index is 11.4. The summed E-state index contributed by atoms with van der Waals surface area (Å²) in [5.74, 6) is -0.133. The van der Waals surface area contributed by atoms with E-state index in [1.165, 1.54) is 0 Å². The van der Waals surface area contributed by atoms with Crippen LogP contribution in [0.2, 0.25) is 19.6 Å². The van der Waals surface area contributed by atoms with Gasteiger partial charge < -0.3 is 4.43 Å². The van der Waals surface area contributed by atoms with Crippen molar-refractivity contribution in [2.45, 2.75) is 26.1 Å². The van der Waals surface area contributed by atoms with Gasteiger partial charge in [0.1, 0.15) is 0 Å². The molecule has 1 aromatic rings. The maximum Gasteiger partial charge on any atom is 0.296 e. The largest absolute Gasteiger partial charge is 0.520 e. The Morgan fingerprint density at radius 3 is 2.44 bits per heavy atom. The van der Waals surface area contributed by atoms with E-state index in [4.69, 9.17) is 4.43 Å². The van der Waals surface area contributed by atoms with Crippen LogP contribution in [0.1, 0.15) is 12.0 Å². The SMILES string of the molecule is C[Si](C)(C)OC(=O)C/C=C/c1ccccc1. The molecule has 0 saturated carbocycles. The van der Waals surface area contributed by atoms with Crippen LogP contribution in [0.3, 0.4) is 0 Å². The quantitative estimate of drug-likeness (QED) is 0.746. The molecular weight excluding hydrogens is 216 g/mol. The molecule has 0 aliphatic rings. The third-order valence-electron chi connectivity index (χ3n) is 1.81. The lowest BCUT2D eigenvalue weighted by Gasteiger charge is -2.16. The average molecular weight is 234 g/mol. The molecule has 0 fully saturated rings. The summed E-state index contributed by atoms with van der Waals surface area (Å²) in [5.41, 5.74) is 1.10. The zero-order valence-corrected chi connectivity index (χ0v) is 11.1. The standard InChI is InChI=1S/C13H18O2Si/c1-16(2,3)15-13(14)11-7-10-12-8-5-4-6-9-12/h4-10H,11H2,1-3H3/b10-7+. The van der Waals surface area contributed by atoms with E-state index in [0.717, 1.165) is 5.56 Å². The van der Waals surface area contributed by atoms with E-state index in [0.29, 0.717) is 6.42 Å². The molecule has 0 aliphatic heterocycles. The van der Waals surface area contributed by atoms with Crippen molar-refractivity contribution in [2.24, 2.45) is 0 Å². The molecule has 0 N–H and O–H groups in total. The predicted molar refractivity (Wildman–Crippen MR) is 69.5 cm³/mol. The highest BCUT2D eigenvalue weighted by Crippen LogP contribution is 2.06. The van der Waals surface area contributed by atoms with Crippen molar-refractivity contribution in [2.75, 3.05) is 0 Å². The summed E-state index contributed by atoms with van der Waals surface area (Å²) in [6.45, 7) is 6.02. The minimum absolute atomic E-state index is 0.133. The molecule has 0 bridgehead atoms. The van der Waals surface area contributed by atoms with Gasteiger partial charge in [-0.25, -0.2) is 0 Å². The monoisotopic (exact) mass is 234 g/mol. The van der Waals surface area contributed by atoms with Crippen LogP contribution < -0.4 is 0 Å². The van der Waals surface area contributed by atoms with Gasteiger partial charge in [0.05, 0.1) is 6.42 Å². The molecule has 0 unspecified atom stereocenters. The molecule has 3 heteroatoms. The van der Waals surface area contributed by atoms with Crippen molar-refractivity contribution in [3.05, 3.63) is 42.0 Å². The number of carbonyl (C=O) groups excluding carboxylic acids is 1. The molecule has 0 spiro atoms. The first-order chi connectivity index (χ1) is 7.47. The lowest BCUT2D eigenvalue weighted by molar-refractivity contribution is -0.134. The fourth-order valence-electron chi connectivity index (χ4n) is 1.24. The fraction of sp³-hybridized carbons (Fsp3) is 0.308. The Kier molecular flexibility index (Phi) is 4.49. The topological polar surface area (TPSA) is 26.3 Å². The lowest BCUT2D eigenvalue weighted by Crippen LogP contribution is -2.28. The van der Waals surface area contributed by atoms with Crippen LogP contribution in [-0.4, -0.2) is 14.3 Å². The average Bonchev–Trinajstić information content (AvgIpc) is 2.16. The van der Waals surface area contributed by atoms with Crippen LogP contribution in [0.15, 0.2) is 36.4 Å². The molecule has 0 heterocycles. The molecule has 2 nitrogen and oxygen atoms in total. The van der Waals surface area contributed by atoms with Gasteiger partial charge >= 0.3 is 0 Å².